The topological polar surface area (TPSA) is 38.7 Å². The predicted octanol–water partition coefficient (Wildman–Crippen LogP) is 11.0. The molecule has 0 saturated heterocycles. The van der Waals surface area contributed by atoms with E-state index in [1.165, 1.54) is 44.2 Å². The van der Waals surface area contributed by atoms with Crippen LogP contribution in [-0.4, -0.2) is 15.0 Å². The van der Waals surface area contributed by atoms with E-state index in [1.54, 1.807) is 0 Å². The summed E-state index contributed by atoms with van der Waals surface area (Å²) in [6.45, 7) is 0. The maximum absolute atomic E-state index is 5.05. The Kier molecular flexibility index (Phi) is 6.14. The molecule has 0 saturated carbocycles. The molecule has 0 spiro atoms. The zero-order valence-corrected chi connectivity index (χ0v) is 24.9. The Morgan fingerprint density at radius 2 is 0.848 bits per heavy atom. The summed E-state index contributed by atoms with van der Waals surface area (Å²) < 4.78 is 0. The van der Waals surface area contributed by atoms with Crippen molar-refractivity contribution in [3.63, 3.8) is 0 Å². The van der Waals surface area contributed by atoms with Crippen LogP contribution >= 0.6 is 0 Å². The smallest absolute Gasteiger partial charge is 0.160 e. The van der Waals surface area contributed by atoms with Gasteiger partial charge in [0.1, 0.15) is 0 Å². The molecule has 3 nitrogen and oxygen atoms in total. The second-order valence-electron chi connectivity index (χ2n) is 11.7. The third-order valence-corrected chi connectivity index (χ3v) is 8.99. The highest BCUT2D eigenvalue weighted by Crippen LogP contribution is 2.49. The fraction of sp³-hybridized carbons (Fsp3) is 0. The van der Waals surface area contributed by atoms with E-state index in [-0.39, 0.29) is 0 Å². The number of benzene rings is 6. The van der Waals surface area contributed by atoms with Crippen LogP contribution in [0.4, 0.5) is 0 Å². The standard InChI is InChI=1S/C43H27N3/c1-2-7-33(8-3-1)43-45-40(31-17-13-28(14-18-31)29-23-25-44-26-24-29)27-41(46-43)32-19-15-30(16-20-32)34-21-22-39-36-10-5-4-9-35(36)38-12-6-11-37(34)42(38)39/h1-27H. The molecule has 3 heteroatoms. The molecule has 214 valence electrons. The fourth-order valence-electron chi connectivity index (χ4n) is 6.72. The SMILES string of the molecule is c1ccc(-c2nc(-c3ccc(-c4ccncc4)cc3)cc(-c3ccc(-c4ccc5c6c(cccc46)-c4ccccc4-5)cc3)n2)cc1. The highest BCUT2D eigenvalue weighted by molar-refractivity contribution is 6.18. The van der Waals surface area contributed by atoms with E-state index in [2.05, 4.69) is 126 Å². The normalized spacial score (nSPS) is 11.5. The van der Waals surface area contributed by atoms with Gasteiger partial charge in [0.05, 0.1) is 11.4 Å². The van der Waals surface area contributed by atoms with E-state index in [4.69, 9.17) is 9.97 Å². The van der Waals surface area contributed by atoms with Crippen LogP contribution in [0.15, 0.2) is 164 Å². The summed E-state index contributed by atoms with van der Waals surface area (Å²) in [7, 11) is 0. The molecule has 0 aliphatic heterocycles. The van der Waals surface area contributed by atoms with Crippen molar-refractivity contribution in [2.45, 2.75) is 0 Å². The largest absolute Gasteiger partial charge is 0.265 e. The van der Waals surface area contributed by atoms with Crippen LogP contribution in [0.3, 0.4) is 0 Å². The van der Waals surface area contributed by atoms with Crippen molar-refractivity contribution in [1.29, 1.82) is 0 Å². The van der Waals surface area contributed by atoms with Crippen LogP contribution < -0.4 is 0 Å². The first-order chi connectivity index (χ1) is 22.8. The van der Waals surface area contributed by atoms with Crippen LogP contribution in [-0.2, 0) is 0 Å². The molecule has 0 fully saturated rings. The van der Waals surface area contributed by atoms with Gasteiger partial charge in [-0.1, -0.05) is 133 Å². The Hall–Kier alpha value is -6.19. The third-order valence-electron chi connectivity index (χ3n) is 8.99. The van der Waals surface area contributed by atoms with E-state index in [9.17, 15) is 0 Å². The summed E-state index contributed by atoms with van der Waals surface area (Å²) in [4.78, 5) is 14.2. The minimum Gasteiger partial charge on any atom is -0.265 e. The zero-order chi connectivity index (χ0) is 30.5. The minimum absolute atomic E-state index is 0.711. The average molecular weight is 586 g/mol. The number of hydrogen-bond donors (Lipinski definition) is 0. The van der Waals surface area contributed by atoms with Crippen molar-refractivity contribution in [3.05, 3.63) is 164 Å². The van der Waals surface area contributed by atoms with Gasteiger partial charge in [-0.05, 0) is 73.5 Å². The van der Waals surface area contributed by atoms with Gasteiger partial charge in [-0.15, -0.1) is 0 Å². The highest BCUT2D eigenvalue weighted by Gasteiger charge is 2.22. The van der Waals surface area contributed by atoms with Crippen LogP contribution in [0.25, 0.3) is 89.2 Å². The molecule has 0 radical (unpaired) electrons. The maximum Gasteiger partial charge on any atom is 0.160 e. The summed E-state index contributed by atoms with van der Waals surface area (Å²) >= 11 is 0. The second kappa shape index (κ2) is 10.8. The number of rotatable bonds is 5. The van der Waals surface area contributed by atoms with Gasteiger partial charge < -0.3 is 0 Å². The molecule has 0 unspecified atom stereocenters. The minimum atomic E-state index is 0.711. The Bertz CT molecular complexity index is 2350. The van der Waals surface area contributed by atoms with Gasteiger partial charge in [-0.2, -0.15) is 0 Å². The first-order valence-electron chi connectivity index (χ1n) is 15.5. The number of pyridine rings is 1. The highest BCUT2D eigenvalue weighted by atomic mass is 14.9. The lowest BCUT2D eigenvalue weighted by molar-refractivity contribution is 1.18. The average Bonchev–Trinajstić information content (AvgIpc) is 3.47. The first kappa shape index (κ1) is 26.2. The number of fused-ring (bicyclic) bond motifs is 3. The molecule has 9 rings (SSSR count). The molecule has 2 aromatic heterocycles. The second-order valence-corrected chi connectivity index (χ2v) is 11.7. The molecule has 1 aliphatic rings. The summed E-state index contributed by atoms with van der Waals surface area (Å²) in [6.07, 6.45) is 3.64. The van der Waals surface area contributed by atoms with Gasteiger partial charge in [0, 0.05) is 29.1 Å². The van der Waals surface area contributed by atoms with Crippen LogP contribution in [0.5, 0.6) is 0 Å². The molecule has 0 amide bonds. The van der Waals surface area contributed by atoms with E-state index >= 15 is 0 Å². The molecular formula is C43H27N3. The van der Waals surface area contributed by atoms with E-state index < -0.39 is 0 Å². The third kappa shape index (κ3) is 4.41. The number of nitrogens with zero attached hydrogens (tertiary/aromatic N) is 3. The van der Waals surface area contributed by atoms with Gasteiger partial charge in [-0.3, -0.25) is 4.98 Å². The summed E-state index contributed by atoms with van der Waals surface area (Å²) in [5, 5.41) is 2.62. The summed E-state index contributed by atoms with van der Waals surface area (Å²) in [5.41, 5.74) is 14.8. The first-order valence-corrected chi connectivity index (χ1v) is 15.5. The molecule has 0 atom stereocenters. The predicted molar refractivity (Wildman–Crippen MR) is 189 cm³/mol. The molecule has 2 heterocycles. The lowest BCUT2D eigenvalue weighted by atomic mass is 9.93. The quantitative estimate of drug-likeness (QED) is 0.202. The number of aromatic nitrogens is 3. The Morgan fingerprint density at radius 3 is 1.52 bits per heavy atom. The van der Waals surface area contributed by atoms with Gasteiger partial charge in [0.2, 0.25) is 0 Å². The van der Waals surface area contributed by atoms with Crippen molar-refractivity contribution in [2.75, 3.05) is 0 Å². The van der Waals surface area contributed by atoms with Gasteiger partial charge >= 0.3 is 0 Å². The lowest BCUT2D eigenvalue weighted by Gasteiger charge is -2.12. The van der Waals surface area contributed by atoms with E-state index in [0.29, 0.717) is 5.82 Å². The molecule has 1 aliphatic carbocycles. The van der Waals surface area contributed by atoms with Crippen LogP contribution in [0.2, 0.25) is 0 Å². The maximum atomic E-state index is 5.05. The van der Waals surface area contributed by atoms with Gasteiger partial charge in [0.15, 0.2) is 5.82 Å². The number of hydrogen-bond acceptors (Lipinski definition) is 3. The van der Waals surface area contributed by atoms with Crippen molar-refractivity contribution < 1.29 is 0 Å². The van der Waals surface area contributed by atoms with Crippen LogP contribution in [0, 0.1) is 0 Å². The Balaban J connectivity index is 1.11. The van der Waals surface area contributed by atoms with Crippen molar-refractivity contribution >= 4 is 10.8 Å². The Labute approximate surface area is 267 Å². The monoisotopic (exact) mass is 585 g/mol. The zero-order valence-electron chi connectivity index (χ0n) is 24.9. The molecule has 0 bridgehead atoms. The molecule has 0 N–H and O–H groups in total. The van der Waals surface area contributed by atoms with Crippen molar-refractivity contribution in [3.8, 4) is 78.4 Å². The van der Waals surface area contributed by atoms with Gasteiger partial charge in [0.25, 0.3) is 0 Å². The van der Waals surface area contributed by atoms with Crippen molar-refractivity contribution in [2.24, 2.45) is 0 Å². The summed E-state index contributed by atoms with van der Waals surface area (Å²) in [6, 6.07) is 53.6. The van der Waals surface area contributed by atoms with Crippen molar-refractivity contribution in [1.82, 2.24) is 15.0 Å². The molecule has 46 heavy (non-hydrogen) atoms. The van der Waals surface area contributed by atoms with E-state index in [0.717, 1.165) is 39.2 Å². The fourth-order valence-corrected chi connectivity index (χ4v) is 6.72. The lowest BCUT2D eigenvalue weighted by Crippen LogP contribution is -1.96. The molecule has 8 aromatic rings. The summed E-state index contributed by atoms with van der Waals surface area (Å²) in [5.74, 6) is 0.711. The van der Waals surface area contributed by atoms with Gasteiger partial charge in [-0.25, -0.2) is 9.97 Å². The van der Waals surface area contributed by atoms with E-state index in [1.807, 2.05) is 42.7 Å². The van der Waals surface area contributed by atoms with Crippen LogP contribution in [0.1, 0.15) is 0 Å². The molecular weight excluding hydrogens is 558 g/mol. The Morgan fingerprint density at radius 1 is 0.326 bits per heavy atom. The molecule has 6 aromatic carbocycles.